The van der Waals surface area contributed by atoms with Crippen molar-refractivity contribution in [1.29, 1.82) is 0 Å². The minimum Gasteiger partial charge on any atom is -0.375 e. The smallest absolute Gasteiger partial charge is 0.228 e. The Balaban J connectivity index is 1.74. The number of anilines is 2. The highest BCUT2D eigenvalue weighted by molar-refractivity contribution is 5.94. The van der Waals surface area contributed by atoms with Crippen LogP contribution >= 0.6 is 0 Å². The standard InChI is InChI=1S/C22H25F2N3O/c1-14-7-20(27-6-5-26(4)16(3)13-27)8-15(2)22(14)25-21(28)11-17-9-18(23)12-19(24)10-17/h7-10,12H,3,5-6,11,13H2,1-2,4H3,(H,25,28). The zero-order valence-electron chi connectivity index (χ0n) is 16.5. The fourth-order valence-corrected chi connectivity index (χ4v) is 3.47. The van der Waals surface area contributed by atoms with Crippen LogP contribution in [-0.2, 0) is 11.2 Å². The largest absolute Gasteiger partial charge is 0.375 e. The van der Waals surface area contributed by atoms with Gasteiger partial charge in [-0.25, -0.2) is 8.78 Å². The predicted molar refractivity (Wildman–Crippen MR) is 109 cm³/mol. The van der Waals surface area contributed by atoms with Crippen molar-refractivity contribution in [3.05, 3.63) is 70.9 Å². The summed E-state index contributed by atoms with van der Waals surface area (Å²) in [6, 6.07) is 7.23. The summed E-state index contributed by atoms with van der Waals surface area (Å²) in [5.41, 5.74) is 5.09. The summed E-state index contributed by atoms with van der Waals surface area (Å²) in [4.78, 5) is 16.8. The molecule has 1 fully saturated rings. The molecule has 1 amide bonds. The summed E-state index contributed by atoms with van der Waals surface area (Å²) in [7, 11) is 2.04. The first-order chi connectivity index (χ1) is 13.2. The van der Waals surface area contributed by atoms with E-state index in [2.05, 4.69) is 21.7 Å². The summed E-state index contributed by atoms with van der Waals surface area (Å²) >= 11 is 0. The van der Waals surface area contributed by atoms with Gasteiger partial charge in [-0.05, 0) is 54.8 Å². The number of hydrogen-bond donors (Lipinski definition) is 1. The van der Waals surface area contributed by atoms with Gasteiger partial charge in [0.15, 0.2) is 0 Å². The lowest BCUT2D eigenvalue weighted by Crippen LogP contribution is -2.42. The Morgan fingerprint density at radius 3 is 2.25 bits per heavy atom. The molecule has 0 aliphatic carbocycles. The first kappa shape index (κ1) is 19.9. The summed E-state index contributed by atoms with van der Waals surface area (Å²) in [6.45, 7) is 10.6. The second kappa shape index (κ2) is 8.00. The van der Waals surface area contributed by atoms with Gasteiger partial charge in [0.2, 0.25) is 5.91 Å². The van der Waals surface area contributed by atoms with E-state index in [9.17, 15) is 13.6 Å². The number of aryl methyl sites for hydroxylation is 2. The molecule has 1 aliphatic heterocycles. The lowest BCUT2D eigenvalue weighted by molar-refractivity contribution is -0.115. The van der Waals surface area contributed by atoms with E-state index in [0.717, 1.165) is 53.9 Å². The third-order valence-electron chi connectivity index (χ3n) is 5.05. The van der Waals surface area contributed by atoms with Crippen LogP contribution in [-0.4, -0.2) is 37.5 Å². The van der Waals surface area contributed by atoms with Gasteiger partial charge in [0.1, 0.15) is 11.6 Å². The van der Waals surface area contributed by atoms with E-state index in [1.165, 1.54) is 12.1 Å². The van der Waals surface area contributed by atoms with Crippen LogP contribution in [0.25, 0.3) is 0 Å². The molecule has 0 unspecified atom stereocenters. The molecule has 0 bridgehead atoms. The normalized spacial score (nSPS) is 14.4. The molecule has 6 heteroatoms. The number of likely N-dealkylation sites (N-methyl/N-ethyl adjacent to an activating group) is 1. The van der Waals surface area contributed by atoms with Gasteiger partial charge < -0.3 is 15.1 Å². The van der Waals surface area contributed by atoms with Crippen LogP contribution in [0.5, 0.6) is 0 Å². The summed E-state index contributed by atoms with van der Waals surface area (Å²) in [6.07, 6.45) is -0.0897. The zero-order valence-corrected chi connectivity index (χ0v) is 16.5. The third-order valence-corrected chi connectivity index (χ3v) is 5.05. The van der Waals surface area contributed by atoms with Crippen LogP contribution in [0.15, 0.2) is 42.6 Å². The van der Waals surface area contributed by atoms with Crippen molar-refractivity contribution >= 4 is 17.3 Å². The molecule has 0 spiro atoms. The van der Waals surface area contributed by atoms with Gasteiger partial charge in [0.25, 0.3) is 0 Å². The van der Waals surface area contributed by atoms with Gasteiger partial charge >= 0.3 is 0 Å². The molecule has 1 saturated heterocycles. The number of carbonyl (C=O) groups excluding carboxylic acids is 1. The molecule has 2 aromatic rings. The molecule has 0 saturated carbocycles. The number of piperazine rings is 1. The second-order valence-electron chi connectivity index (χ2n) is 7.37. The van der Waals surface area contributed by atoms with Gasteiger partial charge in [-0.2, -0.15) is 0 Å². The maximum atomic E-state index is 13.3. The van der Waals surface area contributed by atoms with Crippen LogP contribution in [0.2, 0.25) is 0 Å². The van der Waals surface area contributed by atoms with Crippen LogP contribution in [0, 0.1) is 25.5 Å². The minimum absolute atomic E-state index is 0.0897. The van der Waals surface area contributed by atoms with Gasteiger partial charge in [-0.3, -0.25) is 4.79 Å². The van der Waals surface area contributed by atoms with Crippen molar-refractivity contribution in [3.8, 4) is 0 Å². The average molecular weight is 385 g/mol. The fourth-order valence-electron chi connectivity index (χ4n) is 3.47. The molecule has 0 atom stereocenters. The molecule has 0 aromatic heterocycles. The Morgan fingerprint density at radius 2 is 1.68 bits per heavy atom. The highest BCUT2D eigenvalue weighted by atomic mass is 19.1. The Kier molecular flexibility index (Phi) is 5.68. The highest BCUT2D eigenvalue weighted by Crippen LogP contribution is 2.29. The number of nitrogens with one attached hydrogen (secondary N) is 1. The molecule has 1 N–H and O–H groups in total. The Bertz CT molecular complexity index is 883. The Morgan fingerprint density at radius 1 is 1.07 bits per heavy atom. The molecular formula is C22H25F2N3O. The lowest BCUT2D eigenvalue weighted by atomic mass is 10.1. The number of amides is 1. The molecule has 3 rings (SSSR count). The quantitative estimate of drug-likeness (QED) is 0.863. The molecule has 28 heavy (non-hydrogen) atoms. The molecule has 2 aromatic carbocycles. The van der Waals surface area contributed by atoms with E-state index >= 15 is 0 Å². The summed E-state index contributed by atoms with van der Waals surface area (Å²) in [5.74, 6) is -1.68. The first-order valence-electron chi connectivity index (χ1n) is 9.23. The predicted octanol–water partition coefficient (Wildman–Crippen LogP) is 4.03. The van der Waals surface area contributed by atoms with E-state index in [1.807, 2.05) is 33.0 Å². The minimum atomic E-state index is -0.687. The molecule has 1 aliphatic rings. The van der Waals surface area contributed by atoms with Gasteiger partial charge in [-0.1, -0.05) is 6.58 Å². The monoisotopic (exact) mass is 385 g/mol. The third kappa shape index (κ3) is 4.50. The molecule has 0 radical (unpaired) electrons. The van der Waals surface area contributed by atoms with Gasteiger partial charge in [-0.15, -0.1) is 0 Å². The Hall–Kier alpha value is -2.89. The summed E-state index contributed by atoms with van der Waals surface area (Å²) < 4.78 is 26.6. The van der Waals surface area contributed by atoms with E-state index < -0.39 is 11.6 Å². The van der Waals surface area contributed by atoms with Crippen molar-refractivity contribution in [2.45, 2.75) is 20.3 Å². The van der Waals surface area contributed by atoms with Gasteiger partial charge in [0.05, 0.1) is 13.0 Å². The van der Waals surface area contributed by atoms with Crippen LogP contribution < -0.4 is 10.2 Å². The fraction of sp³-hybridized carbons (Fsp3) is 0.318. The molecular weight excluding hydrogens is 360 g/mol. The lowest BCUT2D eigenvalue weighted by Gasteiger charge is -2.37. The first-order valence-corrected chi connectivity index (χ1v) is 9.23. The molecule has 1 heterocycles. The number of rotatable bonds is 4. The number of carbonyl (C=O) groups is 1. The van der Waals surface area contributed by atoms with Crippen molar-refractivity contribution in [2.24, 2.45) is 0 Å². The van der Waals surface area contributed by atoms with E-state index in [0.29, 0.717) is 5.56 Å². The van der Waals surface area contributed by atoms with E-state index in [4.69, 9.17) is 0 Å². The molecule has 148 valence electrons. The van der Waals surface area contributed by atoms with Crippen molar-refractivity contribution < 1.29 is 13.6 Å². The second-order valence-corrected chi connectivity index (χ2v) is 7.37. The Labute approximate surface area is 164 Å². The number of hydrogen-bond acceptors (Lipinski definition) is 3. The number of benzene rings is 2. The van der Waals surface area contributed by atoms with E-state index in [1.54, 1.807) is 0 Å². The SMILES string of the molecule is C=C1CN(c2cc(C)c(NC(=O)Cc3cc(F)cc(F)c3)c(C)c2)CCN1C. The molecule has 4 nitrogen and oxygen atoms in total. The zero-order chi connectivity index (χ0) is 20.4. The number of halogens is 2. The number of nitrogens with zero attached hydrogens (tertiary/aromatic N) is 2. The summed E-state index contributed by atoms with van der Waals surface area (Å²) in [5, 5.41) is 2.88. The van der Waals surface area contributed by atoms with Crippen molar-refractivity contribution in [3.63, 3.8) is 0 Å². The average Bonchev–Trinajstić information content (AvgIpc) is 2.59. The maximum absolute atomic E-state index is 13.3. The van der Waals surface area contributed by atoms with Crippen LogP contribution in [0.1, 0.15) is 16.7 Å². The van der Waals surface area contributed by atoms with Crippen LogP contribution in [0.3, 0.4) is 0 Å². The van der Waals surface area contributed by atoms with Crippen molar-refractivity contribution in [1.82, 2.24) is 4.90 Å². The van der Waals surface area contributed by atoms with Crippen molar-refractivity contribution in [2.75, 3.05) is 36.9 Å². The maximum Gasteiger partial charge on any atom is 0.228 e. The highest BCUT2D eigenvalue weighted by Gasteiger charge is 2.19. The van der Waals surface area contributed by atoms with E-state index in [-0.39, 0.29) is 12.3 Å². The van der Waals surface area contributed by atoms with Crippen LogP contribution in [0.4, 0.5) is 20.2 Å². The van der Waals surface area contributed by atoms with Gasteiger partial charge in [0, 0.05) is 43.3 Å². The topological polar surface area (TPSA) is 35.6 Å².